The predicted molar refractivity (Wildman–Crippen MR) is 82.1 cm³/mol. The number of rotatable bonds is 3. The van der Waals surface area contributed by atoms with Crippen LogP contribution < -0.4 is 5.32 Å². The molecule has 6 nitrogen and oxygen atoms in total. The first-order valence-electron chi connectivity index (χ1n) is 8.20. The number of amides is 3. The molecule has 0 saturated carbocycles. The van der Waals surface area contributed by atoms with Crippen molar-refractivity contribution in [3.8, 4) is 0 Å². The van der Waals surface area contributed by atoms with Gasteiger partial charge in [-0.05, 0) is 33.2 Å². The Morgan fingerprint density at radius 2 is 1.71 bits per heavy atom. The van der Waals surface area contributed by atoms with Gasteiger partial charge in [-0.1, -0.05) is 0 Å². The summed E-state index contributed by atoms with van der Waals surface area (Å²) in [5.74, 6) is 0.390. The van der Waals surface area contributed by atoms with Gasteiger partial charge < -0.3 is 20.0 Å². The molecule has 2 aliphatic heterocycles. The minimum Gasteiger partial charge on any atom is -0.339 e. The number of carbonyl (C=O) groups excluding carboxylic acids is 2. The lowest BCUT2D eigenvalue weighted by molar-refractivity contribution is -0.137. The average molecular weight is 296 g/mol. The van der Waals surface area contributed by atoms with E-state index in [9.17, 15) is 9.59 Å². The highest BCUT2D eigenvalue weighted by atomic mass is 16.2. The van der Waals surface area contributed by atoms with Crippen LogP contribution in [-0.2, 0) is 4.79 Å². The van der Waals surface area contributed by atoms with Crippen molar-refractivity contribution in [1.82, 2.24) is 20.0 Å². The zero-order chi connectivity index (χ0) is 15.2. The summed E-state index contributed by atoms with van der Waals surface area (Å²) in [6.45, 7) is 9.94. The SMILES string of the molecule is CCN(CC)C(=O)N1CCN(C(=O)[C@H]2CCCNC2)CC1. The quantitative estimate of drug-likeness (QED) is 0.829. The van der Waals surface area contributed by atoms with Crippen molar-refractivity contribution in [3.63, 3.8) is 0 Å². The predicted octanol–water partition coefficient (Wildman–Crippen LogP) is 0.592. The Morgan fingerprint density at radius 1 is 1.10 bits per heavy atom. The molecule has 1 atom stereocenters. The molecular weight excluding hydrogens is 268 g/mol. The van der Waals surface area contributed by atoms with E-state index in [4.69, 9.17) is 0 Å². The standard InChI is InChI=1S/C15H28N4O2/c1-3-17(4-2)15(21)19-10-8-18(9-11-19)14(20)13-6-5-7-16-12-13/h13,16H,3-12H2,1-2H3/t13-/m0/s1. The lowest BCUT2D eigenvalue weighted by Crippen LogP contribution is -2.55. The van der Waals surface area contributed by atoms with Gasteiger partial charge in [-0.2, -0.15) is 0 Å². The van der Waals surface area contributed by atoms with Crippen LogP contribution in [0.4, 0.5) is 4.79 Å². The molecule has 1 N–H and O–H groups in total. The molecule has 2 saturated heterocycles. The van der Waals surface area contributed by atoms with E-state index in [1.54, 1.807) is 0 Å². The van der Waals surface area contributed by atoms with Crippen molar-refractivity contribution in [1.29, 1.82) is 0 Å². The maximum absolute atomic E-state index is 12.4. The molecular formula is C15H28N4O2. The average Bonchev–Trinajstić information content (AvgIpc) is 2.56. The second-order valence-electron chi connectivity index (χ2n) is 5.81. The van der Waals surface area contributed by atoms with E-state index in [1.165, 1.54) is 0 Å². The largest absolute Gasteiger partial charge is 0.339 e. The Kier molecular flexibility index (Phi) is 5.85. The van der Waals surface area contributed by atoms with Crippen molar-refractivity contribution < 1.29 is 9.59 Å². The molecule has 6 heteroatoms. The van der Waals surface area contributed by atoms with Gasteiger partial charge in [0, 0.05) is 45.8 Å². The third-order valence-electron chi connectivity index (χ3n) is 4.54. The van der Waals surface area contributed by atoms with Crippen molar-refractivity contribution in [3.05, 3.63) is 0 Å². The molecule has 0 aromatic carbocycles. The van der Waals surface area contributed by atoms with Gasteiger partial charge in [0.1, 0.15) is 0 Å². The highest BCUT2D eigenvalue weighted by Gasteiger charge is 2.30. The summed E-state index contributed by atoms with van der Waals surface area (Å²) in [6.07, 6.45) is 2.07. The summed E-state index contributed by atoms with van der Waals surface area (Å²) in [5.41, 5.74) is 0. The van der Waals surface area contributed by atoms with Crippen LogP contribution in [0.15, 0.2) is 0 Å². The first-order valence-corrected chi connectivity index (χ1v) is 8.20. The second-order valence-corrected chi connectivity index (χ2v) is 5.81. The first kappa shape index (κ1) is 16.1. The first-order chi connectivity index (χ1) is 10.2. The lowest BCUT2D eigenvalue weighted by atomic mass is 9.98. The molecule has 2 fully saturated rings. The van der Waals surface area contributed by atoms with Gasteiger partial charge in [-0.25, -0.2) is 4.79 Å². The van der Waals surface area contributed by atoms with Crippen molar-refractivity contribution in [2.45, 2.75) is 26.7 Å². The normalized spacial score (nSPS) is 23.0. The summed E-state index contributed by atoms with van der Waals surface area (Å²) in [6, 6.07) is 0.103. The zero-order valence-corrected chi connectivity index (χ0v) is 13.3. The van der Waals surface area contributed by atoms with E-state index >= 15 is 0 Å². The van der Waals surface area contributed by atoms with E-state index < -0.39 is 0 Å². The van der Waals surface area contributed by atoms with Gasteiger partial charge in [-0.3, -0.25) is 4.79 Å². The second kappa shape index (κ2) is 7.64. The van der Waals surface area contributed by atoms with Gasteiger partial charge >= 0.3 is 6.03 Å². The molecule has 0 unspecified atom stereocenters. The maximum Gasteiger partial charge on any atom is 0.320 e. The van der Waals surface area contributed by atoms with E-state index in [0.29, 0.717) is 26.2 Å². The minimum absolute atomic E-state index is 0.103. The molecule has 0 spiro atoms. The number of piperazine rings is 1. The number of hydrogen-bond donors (Lipinski definition) is 1. The monoisotopic (exact) mass is 296 g/mol. The fourth-order valence-electron chi connectivity index (χ4n) is 3.13. The Hall–Kier alpha value is -1.30. The molecule has 0 aromatic heterocycles. The number of nitrogens with zero attached hydrogens (tertiary/aromatic N) is 3. The number of carbonyl (C=O) groups is 2. The maximum atomic E-state index is 12.4. The van der Waals surface area contributed by atoms with Crippen LogP contribution in [-0.4, -0.2) is 79.0 Å². The van der Waals surface area contributed by atoms with Crippen LogP contribution in [0.3, 0.4) is 0 Å². The molecule has 2 aliphatic rings. The van der Waals surface area contributed by atoms with Crippen LogP contribution in [0.2, 0.25) is 0 Å². The van der Waals surface area contributed by atoms with E-state index in [2.05, 4.69) is 5.32 Å². The number of piperidine rings is 1. The van der Waals surface area contributed by atoms with E-state index in [1.807, 2.05) is 28.5 Å². The summed E-state index contributed by atoms with van der Waals surface area (Å²) >= 11 is 0. The van der Waals surface area contributed by atoms with Crippen LogP contribution in [0.25, 0.3) is 0 Å². The Morgan fingerprint density at radius 3 is 2.24 bits per heavy atom. The third kappa shape index (κ3) is 3.87. The summed E-state index contributed by atoms with van der Waals surface area (Å²) < 4.78 is 0. The van der Waals surface area contributed by atoms with Gasteiger partial charge in [-0.15, -0.1) is 0 Å². The van der Waals surface area contributed by atoms with E-state index in [-0.39, 0.29) is 17.9 Å². The zero-order valence-electron chi connectivity index (χ0n) is 13.3. The van der Waals surface area contributed by atoms with Crippen LogP contribution in [0, 0.1) is 5.92 Å². The molecule has 3 amide bonds. The Labute approximate surface area is 127 Å². The van der Waals surface area contributed by atoms with E-state index in [0.717, 1.165) is 39.0 Å². The number of nitrogens with one attached hydrogen (secondary N) is 1. The molecule has 0 bridgehead atoms. The van der Waals surface area contributed by atoms with Crippen molar-refractivity contribution in [2.24, 2.45) is 5.92 Å². The highest BCUT2D eigenvalue weighted by Crippen LogP contribution is 2.15. The fraction of sp³-hybridized carbons (Fsp3) is 0.867. The Balaban J connectivity index is 1.82. The van der Waals surface area contributed by atoms with Crippen molar-refractivity contribution >= 4 is 11.9 Å². The van der Waals surface area contributed by atoms with Crippen LogP contribution in [0.1, 0.15) is 26.7 Å². The summed E-state index contributed by atoms with van der Waals surface area (Å²) in [5, 5.41) is 3.29. The molecule has 21 heavy (non-hydrogen) atoms. The third-order valence-corrected chi connectivity index (χ3v) is 4.54. The summed E-state index contributed by atoms with van der Waals surface area (Å²) in [7, 11) is 0. The number of urea groups is 1. The molecule has 0 aliphatic carbocycles. The van der Waals surface area contributed by atoms with Crippen LogP contribution in [0.5, 0.6) is 0 Å². The molecule has 2 rings (SSSR count). The van der Waals surface area contributed by atoms with Gasteiger partial charge in [0.25, 0.3) is 0 Å². The fourth-order valence-corrected chi connectivity index (χ4v) is 3.13. The molecule has 0 radical (unpaired) electrons. The van der Waals surface area contributed by atoms with Gasteiger partial charge in [0.15, 0.2) is 0 Å². The van der Waals surface area contributed by atoms with Gasteiger partial charge in [0.2, 0.25) is 5.91 Å². The minimum atomic E-state index is 0.103. The summed E-state index contributed by atoms with van der Waals surface area (Å²) in [4.78, 5) is 30.4. The lowest BCUT2D eigenvalue weighted by Gasteiger charge is -2.38. The smallest absolute Gasteiger partial charge is 0.320 e. The number of hydrogen-bond acceptors (Lipinski definition) is 3. The van der Waals surface area contributed by atoms with Gasteiger partial charge in [0.05, 0.1) is 5.92 Å². The van der Waals surface area contributed by atoms with Crippen molar-refractivity contribution in [2.75, 3.05) is 52.4 Å². The van der Waals surface area contributed by atoms with Crippen LogP contribution >= 0.6 is 0 Å². The topological polar surface area (TPSA) is 55.9 Å². The Bertz CT molecular complexity index is 357. The molecule has 2 heterocycles. The molecule has 0 aromatic rings. The molecule has 120 valence electrons. The highest BCUT2D eigenvalue weighted by molar-refractivity contribution is 5.80.